The van der Waals surface area contributed by atoms with Gasteiger partial charge in [-0.3, -0.25) is 0 Å². The number of nitrogens with zero attached hydrogens (tertiary/aromatic N) is 2. The van der Waals surface area contributed by atoms with Crippen LogP contribution in [0.25, 0.3) is 0 Å². The van der Waals surface area contributed by atoms with Crippen LogP contribution in [0.5, 0.6) is 0 Å². The summed E-state index contributed by atoms with van der Waals surface area (Å²) >= 11 is 1.80. The first-order valence-electron chi connectivity index (χ1n) is 7.68. The molecule has 19 heavy (non-hydrogen) atoms. The van der Waals surface area contributed by atoms with Crippen LogP contribution in [0.15, 0.2) is 5.38 Å². The van der Waals surface area contributed by atoms with Gasteiger partial charge in [0.15, 0.2) is 5.13 Å². The van der Waals surface area contributed by atoms with E-state index in [4.69, 9.17) is 4.98 Å². The van der Waals surface area contributed by atoms with Gasteiger partial charge in [0.1, 0.15) is 0 Å². The van der Waals surface area contributed by atoms with Crippen molar-refractivity contribution in [2.45, 2.75) is 52.5 Å². The lowest BCUT2D eigenvalue weighted by molar-refractivity contribution is 0.318. The molecule has 1 aromatic rings. The van der Waals surface area contributed by atoms with Crippen LogP contribution in [0.3, 0.4) is 0 Å². The quantitative estimate of drug-likeness (QED) is 0.785. The van der Waals surface area contributed by atoms with Gasteiger partial charge in [0.2, 0.25) is 0 Å². The highest BCUT2D eigenvalue weighted by Crippen LogP contribution is 2.30. The van der Waals surface area contributed by atoms with Crippen LogP contribution in [0.2, 0.25) is 0 Å². The molecule has 0 bridgehead atoms. The zero-order valence-corrected chi connectivity index (χ0v) is 13.3. The minimum absolute atomic E-state index is 0.368. The molecule has 1 atom stereocenters. The van der Waals surface area contributed by atoms with Crippen molar-refractivity contribution in [3.05, 3.63) is 11.1 Å². The van der Waals surface area contributed by atoms with Crippen LogP contribution in [0.1, 0.15) is 58.2 Å². The van der Waals surface area contributed by atoms with Crippen molar-refractivity contribution in [3.8, 4) is 0 Å². The van der Waals surface area contributed by atoms with Crippen LogP contribution in [-0.4, -0.2) is 24.6 Å². The maximum absolute atomic E-state index is 4.83. The molecule has 0 saturated heterocycles. The summed E-state index contributed by atoms with van der Waals surface area (Å²) in [5.74, 6) is 0.905. The van der Waals surface area contributed by atoms with E-state index in [9.17, 15) is 0 Å². The fraction of sp³-hybridized carbons (Fsp3) is 0.800. The Morgan fingerprint density at radius 2 is 2.26 bits per heavy atom. The highest BCUT2D eigenvalue weighted by atomic mass is 32.1. The van der Waals surface area contributed by atoms with Crippen LogP contribution in [0, 0.1) is 5.92 Å². The highest BCUT2D eigenvalue weighted by molar-refractivity contribution is 7.13. The maximum Gasteiger partial charge on any atom is 0.185 e. The lowest BCUT2D eigenvalue weighted by Gasteiger charge is -2.31. The molecule has 0 aliphatic heterocycles. The Hall–Kier alpha value is -0.610. The first-order chi connectivity index (χ1) is 9.24. The second kappa shape index (κ2) is 7.25. The van der Waals surface area contributed by atoms with Crippen LogP contribution in [0.4, 0.5) is 5.13 Å². The third kappa shape index (κ3) is 3.93. The standard InChI is InChI=1S/C15H27N3S/c1-4-9-16-12(3)14-11-19-15(17-14)18(5-2)10-13-7-6-8-13/h11-13,16H,4-10H2,1-3H3. The lowest BCUT2D eigenvalue weighted by Crippen LogP contribution is -2.32. The third-order valence-electron chi connectivity index (χ3n) is 4.01. The van der Waals surface area contributed by atoms with Gasteiger partial charge in [-0.15, -0.1) is 11.3 Å². The summed E-state index contributed by atoms with van der Waals surface area (Å²) in [5, 5.41) is 6.93. The molecule has 0 radical (unpaired) electrons. The van der Waals surface area contributed by atoms with E-state index in [0.29, 0.717) is 6.04 Å². The summed E-state index contributed by atoms with van der Waals surface area (Å²) in [4.78, 5) is 7.28. The summed E-state index contributed by atoms with van der Waals surface area (Å²) in [5.41, 5.74) is 1.19. The fourth-order valence-electron chi connectivity index (χ4n) is 2.42. The lowest BCUT2D eigenvalue weighted by atomic mass is 9.85. The molecule has 0 spiro atoms. The Morgan fingerprint density at radius 3 is 2.84 bits per heavy atom. The van der Waals surface area contributed by atoms with E-state index in [1.165, 1.54) is 43.1 Å². The van der Waals surface area contributed by atoms with Gasteiger partial charge in [0.05, 0.1) is 5.69 Å². The number of rotatable bonds is 8. The Balaban J connectivity index is 1.93. The monoisotopic (exact) mass is 281 g/mol. The van der Waals surface area contributed by atoms with E-state index in [1.54, 1.807) is 11.3 Å². The van der Waals surface area contributed by atoms with Gasteiger partial charge >= 0.3 is 0 Å². The number of aromatic nitrogens is 1. The first kappa shape index (κ1) is 14.8. The Bertz CT molecular complexity index is 373. The minimum atomic E-state index is 0.368. The van der Waals surface area contributed by atoms with Gasteiger partial charge in [-0.25, -0.2) is 4.98 Å². The topological polar surface area (TPSA) is 28.2 Å². The Kier molecular flexibility index (Phi) is 5.64. The molecule has 1 aromatic heterocycles. The van der Waals surface area contributed by atoms with Crippen molar-refractivity contribution in [1.29, 1.82) is 0 Å². The molecule has 2 rings (SSSR count). The van der Waals surface area contributed by atoms with Crippen LogP contribution >= 0.6 is 11.3 Å². The molecule has 1 unspecified atom stereocenters. The minimum Gasteiger partial charge on any atom is -0.348 e. The smallest absolute Gasteiger partial charge is 0.185 e. The van der Waals surface area contributed by atoms with Gasteiger partial charge < -0.3 is 10.2 Å². The first-order valence-corrected chi connectivity index (χ1v) is 8.56. The summed E-state index contributed by atoms with van der Waals surface area (Å²) in [6.45, 7) is 9.97. The molecule has 1 fully saturated rings. The Morgan fingerprint density at radius 1 is 1.47 bits per heavy atom. The summed E-state index contributed by atoms with van der Waals surface area (Å²) < 4.78 is 0. The van der Waals surface area contributed by atoms with Crippen LogP contribution < -0.4 is 10.2 Å². The molecule has 1 N–H and O–H groups in total. The van der Waals surface area contributed by atoms with Gasteiger partial charge in [-0.05, 0) is 45.6 Å². The van der Waals surface area contributed by atoms with Gasteiger partial charge in [-0.2, -0.15) is 0 Å². The molecule has 1 aliphatic rings. The number of thiazole rings is 1. The molecule has 1 saturated carbocycles. The molecule has 1 aliphatic carbocycles. The number of hydrogen-bond acceptors (Lipinski definition) is 4. The summed E-state index contributed by atoms with van der Waals surface area (Å²) in [7, 11) is 0. The third-order valence-corrected chi connectivity index (χ3v) is 4.93. The van der Waals surface area contributed by atoms with Gasteiger partial charge in [0, 0.05) is 24.5 Å². The molecule has 0 aromatic carbocycles. The normalized spacial score (nSPS) is 17.2. The highest BCUT2D eigenvalue weighted by Gasteiger charge is 2.22. The molecular formula is C15H27N3S. The van der Waals surface area contributed by atoms with E-state index in [0.717, 1.165) is 19.0 Å². The van der Waals surface area contributed by atoms with Gasteiger partial charge in [0.25, 0.3) is 0 Å². The molecule has 108 valence electrons. The zero-order chi connectivity index (χ0) is 13.7. The van der Waals surface area contributed by atoms with Crippen molar-refractivity contribution in [2.24, 2.45) is 5.92 Å². The largest absolute Gasteiger partial charge is 0.348 e. The van der Waals surface area contributed by atoms with Crippen molar-refractivity contribution in [2.75, 3.05) is 24.5 Å². The predicted octanol–water partition coefficient (Wildman–Crippen LogP) is 3.83. The van der Waals surface area contributed by atoms with E-state index in [-0.39, 0.29) is 0 Å². The molecular weight excluding hydrogens is 254 g/mol. The van der Waals surface area contributed by atoms with Gasteiger partial charge in [-0.1, -0.05) is 13.3 Å². The zero-order valence-electron chi connectivity index (χ0n) is 12.5. The van der Waals surface area contributed by atoms with E-state index in [1.807, 2.05) is 0 Å². The summed E-state index contributed by atoms with van der Waals surface area (Å²) in [6, 6.07) is 0.368. The molecule has 3 nitrogen and oxygen atoms in total. The fourth-order valence-corrected chi connectivity index (χ4v) is 3.41. The predicted molar refractivity (Wildman–Crippen MR) is 84.1 cm³/mol. The van der Waals surface area contributed by atoms with Crippen molar-refractivity contribution < 1.29 is 0 Å². The average molecular weight is 281 g/mol. The SMILES string of the molecule is CCCNC(C)c1csc(N(CC)CC2CCC2)n1. The average Bonchev–Trinajstić information content (AvgIpc) is 2.84. The number of hydrogen-bond donors (Lipinski definition) is 1. The summed E-state index contributed by atoms with van der Waals surface area (Å²) in [6.07, 6.45) is 5.40. The number of nitrogens with one attached hydrogen (secondary N) is 1. The molecule has 1 heterocycles. The maximum atomic E-state index is 4.83. The van der Waals surface area contributed by atoms with E-state index in [2.05, 4.69) is 36.4 Å². The second-order valence-corrected chi connectivity index (χ2v) is 6.40. The number of anilines is 1. The van der Waals surface area contributed by atoms with Crippen LogP contribution in [-0.2, 0) is 0 Å². The van der Waals surface area contributed by atoms with Crippen molar-refractivity contribution in [3.63, 3.8) is 0 Å². The van der Waals surface area contributed by atoms with E-state index >= 15 is 0 Å². The van der Waals surface area contributed by atoms with E-state index < -0.39 is 0 Å². The Labute approximate surface area is 121 Å². The van der Waals surface area contributed by atoms with Crippen molar-refractivity contribution >= 4 is 16.5 Å². The molecule has 4 heteroatoms. The molecule has 0 amide bonds. The second-order valence-electron chi connectivity index (χ2n) is 5.57. The van der Waals surface area contributed by atoms with Crippen molar-refractivity contribution in [1.82, 2.24) is 10.3 Å².